The van der Waals surface area contributed by atoms with Gasteiger partial charge in [0, 0.05) is 6.61 Å². The standard InChI is InChI=1S/C11H22O2/c1-9(5-7-12)8-11(3)6-4-10(2)13-11/h9-10,12H,4-8H2,1-3H3. The van der Waals surface area contributed by atoms with Gasteiger partial charge in [-0.05, 0) is 45.4 Å². The third kappa shape index (κ3) is 3.28. The van der Waals surface area contributed by atoms with Crippen molar-refractivity contribution in [2.75, 3.05) is 6.61 Å². The molecule has 0 spiro atoms. The van der Waals surface area contributed by atoms with Crippen LogP contribution in [0.5, 0.6) is 0 Å². The maximum atomic E-state index is 8.81. The Labute approximate surface area is 81.3 Å². The molecule has 3 unspecified atom stereocenters. The fourth-order valence-electron chi connectivity index (χ4n) is 2.32. The van der Waals surface area contributed by atoms with Gasteiger partial charge in [0.15, 0.2) is 0 Å². The molecule has 1 heterocycles. The van der Waals surface area contributed by atoms with Crippen molar-refractivity contribution in [1.82, 2.24) is 0 Å². The zero-order valence-corrected chi connectivity index (χ0v) is 9.05. The van der Waals surface area contributed by atoms with Crippen LogP contribution in [0.3, 0.4) is 0 Å². The molecule has 0 aromatic carbocycles. The topological polar surface area (TPSA) is 29.5 Å². The lowest BCUT2D eigenvalue weighted by Gasteiger charge is -2.27. The van der Waals surface area contributed by atoms with E-state index in [1.54, 1.807) is 0 Å². The number of rotatable bonds is 4. The summed E-state index contributed by atoms with van der Waals surface area (Å²) in [7, 11) is 0. The molecule has 0 aromatic rings. The van der Waals surface area contributed by atoms with Crippen molar-refractivity contribution in [3.05, 3.63) is 0 Å². The van der Waals surface area contributed by atoms with Gasteiger partial charge in [-0.2, -0.15) is 0 Å². The van der Waals surface area contributed by atoms with Crippen LogP contribution >= 0.6 is 0 Å². The first-order valence-electron chi connectivity index (χ1n) is 5.34. The molecule has 2 nitrogen and oxygen atoms in total. The Bertz CT molecular complexity index is 158. The molecule has 0 aliphatic carbocycles. The molecule has 0 bridgehead atoms. The van der Waals surface area contributed by atoms with Gasteiger partial charge in [0.25, 0.3) is 0 Å². The number of aliphatic hydroxyl groups excluding tert-OH is 1. The average Bonchev–Trinajstić information content (AvgIpc) is 2.30. The highest BCUT2D eigenvalue weighted by atomic mass is 16.5. The first kappa shape index (κ1) is 11.0. The average molecular weight is 186 g/mol. The second-order valence-electron chi connectivity index (χ2n) is 4.74. The molecule has 1 aliphatic heterocycles. The van der Waals surface area contributed by atoms with E-state index in [0.717, 1.165) is 12.8 Å². The molecule has 0 radical (unpaired) electrons. The summed E-state index contributed by atoms with van der Waals surface area (Å²) >= 11 is 0. The number of aliphatic hydroxyl groups is 1. The fraction of sp³-hybridized carbons (Fsp3) is 1.00. The van der Waals surface area contributed by atoms with Crippen molar-refractivity contribution in [3.8, 4) is 0 Å². The van der Waals surface area contributed by atoms with E-state index < -0.39 is 0 Å². The van der Waals surface area contributed by atoms with Crippen molar-refractivity contribution < 1.29 is 9.84 Å². The molecule has 1 N–H and O–H groups in total. The number of hydrogen-bond acceptors (Lipinski definition) is 2. The van der Waals surface area contributed by atoms with Gasteiger partial charge in [-0.3, -0.25) is 0 Å². The smallest absolute Gasteiger partial charge is 0.0661 e. The van der Waals surface area contributed by atoms with E-state index >= 15 is 0 Å². The van der Waals surface area contributed by atoms with Gasteiger partial charge in [-0.1, -0.05) is 6.92 Å². The van der Waals surface area contributed by atoms with Crippen molar-refractivity contribution >= 4 is 0 Å². The van der Waals surface area contributed by atoms with Crippen LogP contribution in [0, 0.1) is 5.92 Å². The summed E-state index contributed by atoms with van der Waals surface area (Å²) in [5, 5.41) is 8.81. The first-order chi connectivity index (χ1) is 6.06. The molecular formula is C11H22O2. The first-order valence-corrected chi connectivity index (χ1v) is 5.34. The molecule has 2 heteroatoms. The minimum atomic E-state index is 0.0774. The Kier molecular flexibility index (Phi) is 3.74. The zero-order chi connectivity index (χ0) is 9.90. The molecule has 0 aromatic heterocycles. The Balaban J connectivity index is 2.34. The van der Waals surface area contributed by atoms with Crippen LogP contribution in [0.2, 0.25) is 0 Å². The van der Waals surface area contributed by atoms with E-state index in [1.165, 1.54) is 12.8 Å². The van der Waals surface area contributed by atoms with Gasteiger partial charge in [0.05, 0.1) is 11.7 Å². The molecule has 0 saturated carbocycles. The third-order valence-corrected chi connectivity index (χ3v) is 2.97. The van der Waals surface area contributed by atoms with E-state index in [1.807, 2.05) is 0 Å². The Hall–Kier alpha value is -0.0800. The second-order valence-corrected chi connectivity index (χ2v) is 4.74. The maximum Gasteiger partial charge on any atom is 0.0661 e. The quantitative estimate of drug-likeness (QED) is 0.730. The van der Waals surface area contributed by atoms with Crippen LogP contribution in [0.15, 0.2) is 0 Å². The van der Waals surface area contributed by atoms with E-state index in [2.05, 4.69) is 20.8 Å². The molecule has 1 fully saturated rings. The molecule has 78 valence electrons. The fourth-order valence-corrected chi connectivity index (χ4v) is 2.32. The van der Waals surface area contributed by atoms with Crippen molar-refractivity contribution in [2.45, 2.75) is 58.2 Å². The van der Waals surface area contributed by atoms with Crippen LogP contribution in [-0.4, -0.2) is 23.4 Å². The molecule has 1 rings (SSSR count). The Morgan fingerprint density at radius 3 is 2.77 bits per heavy atom. The predicted molar refractivity (Wildman–Crippen MR) is 53.7 cm³/mol. The summed E-state index contributed by atoms with van der Waals surface area (Å²) in [5.74, 6) is 0.570. The SMILES string of the molecule is CC(CCO)CC1(C)CCC(C)O1. The third-order valence-electron chi connectivity index (χ3n) is 2.97. The summed E-state index contributed by atoms with van der Waals surface area (Å²) in [5.41, 5.74) is 0.0774. The zero-order valence-electron chi connectivity index (χ0n) is 9.05. The highest BCUT2D eigenvalue weighted by molar-refractivity contribution is 4.84. The van der Waals surface area contributed by atoms with Crippen molar-refractivity contribution in [3.63, 3.8) is 0 Å². The summed E-state index contributed by atoms with van der Waals surface area (Å²) in [6, 6.07) is 0. The van der Waals surface area contributed by atoms with E-state index in [-0.39, 0.29) is 5.60 Å². The van der Waals surface area contributed by atoms with Gasteiger partial charge < -0.3 is 9.84 Å². The normalized spacial score (nSPS) is 36.5. The van der Waals surface area contributed by atoms with Crippen molar-refractivity contribution in [1.29, 1.82) is 0 Å². The minimum absolute atomic E-state index is 0.0774. The van der Waals surface area contributed by atoms with Crippen LogP contribution in [0.25, 0.3) is 0 Å². The monoisotopic (exact) mass is 186 g/mol. The molecule has 3 atom stereocenters. The van der Waals surface area contributed by atoms with Gasteiger partial charge in [-0.25, -0.2) is 0 Å². The molecule has 1 aliphatic rings. The Morgan fingerprint density at radius 2 is 2.31 bits per heavy atom. The van der Waals surface area contributed by atoms with Crippen LogP contribution < -0.4 is 0 Å². The lowest BCUT2D eigenvalue weighted by atomic mass is 9.89. The van der Waals surface area contributed by atoms with E-state index in [0.29, 0.717) is 18.6 Å². The minimum Gasteiger partial charge on any atom is -0.396 e. The molecule has 13 heavy (non-hydrogen) atoms. The molecular weight excluding hydrogens is 164 g/mol. The second kappa shape index (κ2) is 4.43. The maximum absolute atomic E-state index is 8.81. The summed E-state index contributed by atoms with van der Waals surface area (Å²) in [4.78, 5) is 0. The van der Waals surface area contributed by atoms with Crippen LogP contribution in [0.4, 0.5) is 0 Å². The summed E-state index contributed by atoms with van der Waals surface area (Å²) < 4.78 is 5.88. The van der Waals surface area contributed by atoms with Gasteiger partial charge in [0.2, 0.25) is 0 Å². The van der Waals surface area contributed by atoms with Crippen LogP contribution in [-0.2, 0) is 4.74 Å². The van der Waals surface area contributed by atoms with Crippen molar-refractivity contribution in [2.24, 2.45) is 5.92 Å². The predicted octanol–water partition coefficient (Wildman–Crippen LogP) is 2.35. The molecule has 0 amide bonds. The van der Waals surface area contributed by atoms with Gasteiger partial charge >= 0.3 is 0 Å². The lowest BCUT2D eigenvalue weighted by Crippen LogP contribution is -2.27. The lowest BCUT2D eigenvalue weighted by molar-refractivity contribution is -0.0362. The largest absolute Gasteiger partial charge is 0.396 e. The number of hydrogen-bond donors (Lipinski definition) is 1. The number of ether oxygens (including phenoxy) is 1. The summed E-state index contributed by atoms with van der Waals surface area (Å²) in [6.07, 6.45) is 4.75. The molecule has 1 saturated heterocycles. The van der Waals surface area contributed by atoms with E-state index in [9.17, 15) is 0 Å². The Morgan fingerprint density at radius 1 is 1.62 bits per heavy atom. The summed E-state index contributed by atoms with van der Waals surface area (Å²) in [6.45, 7) is 6.83. The highest BCUT2D eigenvalue weighted by Gasteiger charge is 2.34. The van der Waals surface area contributed by atoms with Gasteiger partial charge in [-0.15, -0.1) is 0 Å². The highest BCUT2D eigenvalue weighted by Crippen LogP contribution is 2.35. The van der Waals surface area contributed by atoms with Crippen LogP contribution in [0.1, 0.15) is 46.5 Å². The van der Waals surface area contributed by atoms with Gasteiger partial charge in [0.1, 0.15) is 0 Å². The van der Waals surface area contributed by atoms with E-state index in [4.69, 9.17) is 9.84 Å².